The Morgan fingerprint density at radius 1 is 1.11 bits per heavy atom. The van der Waals surface area contributed by atoms with Crippen molar-refractivity contribution in [3.05, 3.63) is 81.6 Å². The first kappa shape index (κ1) is 25.3. The lowest BCUT2D eigenvalue weighted by Gasteiger charge is -2.32. The summed E-state index contributed by atoms with van der Waals surface area (Å²) in [5.41, 5.74) is 13.3. The van der Waals surface area contributed by atoms with Gasteiger partial charge in [-0.2, -0.15) is 4.37 Å². The van der Waals surface area contributed by atoms with Crippen molar-refractivity contribution in [2.45, 2.75) is 51.2 Å². The molecule has 0 aliphatic heterocycles. The van der Waals surface area contributed by atoms with E-state index < -0.39 is 23.7 Å². The molecule has 188 valence electrons. The largest absolute Gasteiger partial charge is 0.395 e. The fourth-order valence-corrected chi connectivity index (χ4v) is 5.16. The molecule has 8 nitrogen and oxygen atoms in total. The van der Waals surface area contributed by atoms with E-state index in [1.807, 2.05) is 31.2 Å². The summed E-state index contributed by atoms with van der Waals surface area (Å²) >= 11 is 0.755. The maximum Gasteiger partial charge on any atom is 0.270 e. The third kappa shape index (κ3) is 5.54. The fourth-order valence-electron chi connectivity index (χ4n) is 4.40. The molecule has 10 heteroatoms. The Morgan fingerprint density at radius 2 is 1.75 bits per heavy atom. The zero-order chi connectivity index (χ0) is 25.8. The average molecular weight is 510 g/mol. The Bertz CT molecular complexity index is 1250. The number of amides is 3. The molecule has 1 aliphatic rings. The molecular formula is C26H28FN5O3S. The summed E-state index contributed by atoms with van der Waals surface area (Å²) in [6.45, 7) is 1.93. The van der Waals surface area contributed by atoms with Crippen LogP contribution in [0.4, 0.5) is 10.1 Å². The number of nitrogens with one attached hydrogen (secondary N) is 1. The first-order chi connectivity index (χ1) is 17.2. The summed E-state index contributed by atoms with van der Waals surface area (Å²) in [4.78, 5) is 40.7. The van der Waals surface area contributed by atoms with Gasteiger partial charge in [-0.1, -0.05) is 54.8 Å². The molecule has 1 atom stereocenters. The lowest BCUT2D eigenvalue weighted by Crippen LogP contribution is -2.45. The summed E-state index contributed by atoms with van der Waals surface area (Å²) in [6, 6.07) is 12.1. The maximum atomic E-state index is 13.9. The molecule has 3 aromatic rings. The van der Waals surface area contributed by atoms with Crippen molar-refractivity contribution in [3.8, 4) is 0 Å². The Hall–Kier alpha value is -3.79. The monoisotopic (exact) mass is 509 g/mol. The van der Waals surface area contributed by atoms with Crippen LogP contribution in [0.3, 0.4) is 0 Å². The van der Waals surface area contributed by atoms with Crippen LogP contribution < -0.4 is 16.8 Å². The van der Waals surface area contributed by atoms with Crippen LogP contribution in [0.25, 0.3) is 0 Å². The number of nitrogens with two attached hydrogens (primary N) is 2. The minimum absolute atomic E-state index is 0.00100. The van der Waals surface area contributed by atoms with Crippen LogP contribution in [0.15, 0.2) is 48.5 Å². The molecule has 36 heavy (non-hydrogen) atoms. The topological polar surface area (TPSA) is 131 Å². The van der Waals surface area contributed by atoms with E-state index in [1.54, 1.807) is 12.1 Å². The molecule has 0 unspecified atom stereocenters. The number of aryl methyl sites for hydroxylation is 1. The summed E-state index contributed by atoms with van der Waals surface area (Å²) in [5.74, 6) is -2.15. The molecule has 0 spiro atoms. The van der Waals surface area contributed by atoms with Gasteiger partial charge < -0.3 is 21.7 Å². The third-order valence-corrected chi connectivity index (χ3v) is 7.19. The first-order valence-electron chi connectivity index (χ1n) is 11.7. The number of hydrogen-bond acceptors (Lipinski definition) is 6. The molecule has 1 aliphatic carbocycles. The normalized spacial score (nSPS) is 14.4. The number of nitrogens with zero attached hydrogens (tertiary/aromatic N) is 2. The van der Waals surface area contributed by atoms with Crippen LogP contribution in [0, 0.1) is 12.7 Å². The SMILES string of the molecule is Cc1ccc([C@H](C(=O)NC2CCCC2)N(Cc2ccc(F)cc2)C(=O)c2snc(C(N)=O)c2N)cc1. The number of carbonyl (C=O) groups is 3. The zero-order valence-corrected chi connectivity index (χ0v) is 20.7. The first-order valence-corrected chi connectivity index (χ1v) is 12.5. The van der Waals surface area contributed by atoms with E-state index >= 15 is 0 Å². The van der Waals surface area contributed by atoms with Crippen LogP contribution in [0.2, 0.25) is 0 Å². The second-order valence-electron chi connectivity index (χ2n) is 9.00. The van der Waals surface area contributed by atoms with Gasteiger partial charge in [0.15, 0.2) is 5.69 Å². The lowest BCUT2D eigenvalue weighted by molar-refractivity contribution is -0.126. The van der Waals surface area contributed by atoms with Gasteiger partial charge in [0.1, 0.15) is 16.7 Å². The van der Waals surface area contributed by atoms with Gasteiger partial charge in [-0.3, -0.25) is 14.4 Å². The molecule has 0 radical (unpaired) electrons. The molecule has 4 rings (SSSR count). The second kappa shape index (κ2) is 10.9. The third-order valence-electron chi connectivity index (χ3n) is 6.34. The highest BCUT2D eigenvalue weighted by Crippen LogP contribution is 2.31. The number of hydrogen-bond donors (Lipinski definition) is 3. The van der Waals surface area contributed by atoms with Crippen molar-refractivity contribution in [1.82, 2.24) is 14.6 Å². The molecule has 0 saturated heterocycles. The van der Waals surface area contributed by atoms with E-state index in [-0.39, 0.29) is 34.8 Å². The van der Waals surface area contributed by atoms with Crippen LogP contribution in [-0.4, -0.2) is 33.0 Å². The highest BCUT2D eigenvalue weighted by molar-refractivity contribution is 7.09. The molecule has 2 aromatic carbocycles. The lowest BCUT2D eigenvalue weighted by atomic mass is 10.0. The molecule has 1 aromatic heterocycles. The molecule has 1 fully saturated rings. The molecular weight excluding hydrogens is 481 g/mol. The van der Waals surface area contributed by atoms with Crippen molar-refractivity contribution in [2.75, 3.05) is 5.73 Å². The predicted octanol–water partition coefficient (Wildman–Crippen LogP) is 3.71. The van der Waals surface area contributed by atoms with E-state index in [4.69, 9.17) is 11.5 Å². The standard InChI is InChI=1S/C26H28FN5O3S/c1-15-6-10-17(11-7-15)22(25(34)30-19-4-2-3-5-19)32(14-16-8-12-18(27)13-9-16)26(35)23-20(28)21(24(29)33)31-36-23/h6-13,19,22H,2-5,14,28H2,1H3,(H2,29,33)(H,30,34)/t22-/m1/s1. The van der Waals surface area contributed by atoms with Gasteiger partial charge in [0.25, 0.3) is 11.8 Å². The molecule has 1 saturated carbocycles. The van der Waals surface area contributed by atoms with E-state index in [0.717, 1.165) is 42.8 Å². The number of rotatable bonds is 8. The quantitative estimate of drug-likeness (QED) is 0.426. The molecule has 0 bridgehead atoms. The van der Waals surface area contributed by atoms with Gasteiger partial charge in [0.2, 0.25) is 5.91 Å². The van der Waals surface area contributed by atoms with Crippen LogP contribution in [0.1, 0.15) is 68.6 Å². The zero-order valence-electron chi connectivity index (χ0n) is 19.9. The highest BCUT2D eigenvalue weighted by atomic mass is 32.1. The minimum atomic E-state index is -0.998. The number of primary amides is 1. The van der Waals surface area contributed by atoms with Gasteiger partial charge in [-0.25, -0.2) is 4.39 Å². The molecule has 1 heterocycles. The number of nitrogen functional groups attached to an aromatic ring is 1. The van der Waals surface area contributed by atoms with Crippen molar-refractivity contribution < 1.29 is 18.8 Å². The van der Waals surface area contributed by atoms with Crippen molar-refractivity contribution in [1.29, 1.82) is 0 Å². The number of carbonyl (C=O) groups excluding carboxylic acids is 3. The summed E-state index contributed by atoms with van der Waals surface area (Å²) < 4.78 is 17.5. The van der Waals surface area contributed by atoms with E-state index in [9.17, 15) is 18.8 Å². The van der Waals surface area contributed by atoms with Crippen LogP contribution in [-0.2, 0) is 11.3 Å². The number of benzene rings is 2. The van der Waals surface area contributed by atoms with E-state index in [0.29, 0.717) is 11.1 Å². The van der Waals surface area contributed by atoms with Crippen LogP contribution in [0.5, 0.6) is 0 Å². The van der Waals surface area contributed by atoms with Crippen LogP contribution >= 0.6 is 11.5 Å². The Labute approximate surface area is 212 Å². The maximum absolute atomic E-state index is 13.9. The smallest absolute Gasteiger partial charge is 0.270 e. The van der Waals surface area contributed by atoms with Gasteiger partial charge in [0, 0.05) is 12.6 Å². The minimum Gasteiger partial charge on any atom is -0.395 e. The Balaban J connectivity index is 1.79. The second-order valence-corrected chi connectivity index (χ2v) is 9.77. The number of aromatic nitrogens is 1. The highest BCUT2D eigenvalue weighted by Gasteiger charge is 2.36. The Morgan fingerprint density at radius 3 is 2.33 bits per heavy atom. The number of halogens is 1. The summed E-state index contributed by atoms with van der Waals surface area (Å²) in [6.07, 6.45) is 3.82. The van der Waals surface area contributed by atoms with Gasteiger partial charge >= 0.3 is 0 Å². The van der Waals surface area contributed by atoms with Gasteiger partial charge in [-0.15, -0.1) is 0 Å². The van der Waals surface area contributed by atoms with Crippen molar-refractivity contribution in [3.63, 3.8) is 0 Å². The summed E-state index contributed by atoms with van der Waals surface area (Å²) in [5, 5.41) is 3.10. The van der Waals surface area contributed by atoms with Gasteiger partial charge in [-0.05, 0) is 54.6 Å². The Kier molecular flexibility index (Phi) is 7.64. The average Bonchev–Trinajstić information content (AvgIpc) is 3.50. The van der Waals surface area contributed by atoms with E-state index in [1.165, 1.54) is 17.0 Å². The molecule has 5 N–H and O–H groups in total. The van der Waals surface area contributed by atoms with E-state index in [2.05, 4.69) is 9.69 Å². The summed E-state index contributed by atoms with van der Waals surface area (Å²) in [7, 11) is 0. The molecule has 3 amide bonds. The van der Waals surface area contributed by atoms with Crippen molar-refractivity contribution >= 4 is 34.9 Å². The van der Waals surface area contributed by atoms with Crippen molar-refractivity contribution in [2.24, 2.45) is 5.73 Å². The number of anilines is 1. The van der Waals surface area contributed by atoms with Gasteiger partial charge in [0.05, 0.1) is 5.69 Å². The predicted molar refractivity (Wildman–Crippen MR) is 136 cm³/mol. The fraction of sp³-hybridized carbons (Fsp3) is 0.308.